The molecular formula is C14H11N3. The first-order valence-electron chi connectivity index (χ1n) is 5.18. The normalized spacial score (nSPS) is 11.5. The Labute approximate surface area is 99.8 Å². The Hall–Kier alpha value is -2.60. The van der Waals surface area contributed by atoms with Crippen molar-refractivity contribution < 1.29 is 0 Å². The highest BCUT2D eigenvalue weighted by Crippen LogP contribution is 2.20. The zero-order valence-corrected chi connectivity index (χ0v) is 9.17. The number of pyridine rings is 1. The molecule has 3 heteroatoms. The molecule has 82 valence electrons. The van der Waals surface area contributed by atoms with Crippen LogP contribution in [0.1, 0.15) is 11.1 Å². The van der Waals surface area contributed by atoms with Crippen LogP contribution < -0.4 is 5.73 Å². The number of aromatic nitrogens is 1. The average Bonchev–Trinajstić information content (AvgIpc) is 2.42. The van der Waals surface area contributed by atoms with Crippen LogP contribution in [0.15, 0.2) is 54.9 Å². The summed E-state index contributed by atoms with van der Waals surface area (Å²) in [5.74, 6) is 0. The third-order valence-electron chi connectivity index (χ3n) is 2.42. The van der Waals surface area contributed by atoms with Crippen LogP contribution in [0.5, 0.6) is 0 Å². The van der Waals surface area contributed by atoms with E-state index in [-0.39, 0.29) is 0 Å². The quantitative estimate of drug-likeness (QED) is 0.792. The molecule has 0 aliphatic carbocycles. The van der Waals surface area contributed by atoms with Crippen LogP contribution in [0.4, 0.5) is 0 Å². The van der Waals surface area contributed by atoms with Crippen molar-refractivity contribution in [1.29, 1.82) is 5.26 Å². The first-order valence-corrected chi connectivity index (χ1v) is 5.18. The molecule has 0 radical (unpaired) electrons. The lowest BCUT2D eigenvalue weighted by atomic mass is 10.0. The summed E-state index contributed by atoms with van der Waals surface area (Å²) >= 11 is 0. The monoisotopic (exact) mass is 221 g/mol. The third-order valence-corrected chi connectivity index (χ3v) is 2.42. The van der Waals surface area contributed by atoms with Crippen molar-refractivity contribution in [3.05, 3.63) is 66.0 Å². The topological polar surface area (TPSA) is 62.7 Å². The summed E-state index contributed by atoms with van der Waals surface area (Å²) in [5.41, 5.74) is 8.51. The molecule has 0 atom stereocenters. The van der Waals surface area contributed by atoms with Gasteiger partial charge in [-0.05, 0) is 11.6 Å². The van der Waals surface area contributed by atoms with E-state index in [9.17, 15) is 5.26 Å². The van der Waals surface area contributed by atoms with Crippen LogP contribution >= 0.6 is 0 Å². The highest BCUT2D eigenvalue weighted by Gasteiger charge is 2.07. The lowest BCUT2D eigenvalue weighted by molar-refractivity contribution is 1.31. The van der Waals surface area contributed by atoms with Crippen LogP contribution in [0.2, 0.25) is 0 Å². The number of nitrogens with zero attached hydrogens (tertiary/aromatic N) is 2. The zero-order chi connectivity index (χ0) is 12.1. The molecule has 0 aliphatic rings. The molecule has 0 saturated carbocycles. The Bertz CT molecular complexity index is 565. The molecule has 0 saturated heterocycles. The van der Waals surface area contributed by atoms with E-state index < -0.39 is 0 Å². The van der Waals surface area contributed by atoms with Gasteiger partial charge in [-0.3, -0.25) is 4.98 Å². The summed E-state index contributed by atoms with van der Waals surface area (Å²) in [6.07, 6.45) is 3.30. The fraction of sp³-hybridized carbons (Fsp3) is 0. The van der Waals surface area contributed by atoms with E-state index in [2.05, 4.69) is 11.1 Å². The summed E-state index contributed by atoms with van der Waals surface area (Å²) in [7, 11) is 0. The third kappa shape index (κ3) is 2.32. The molecule has 2 aromatic rings. The van der Waals surface area contributed by atoms with Gasteiger partial charge in [0.1, 0.15) is 6.07 Å². The standard InChI is InChI=1S/C14H11N3/c15-9-13(12-7-4-8-17-10-12)14(16)11-5-2-1-3-6-11/h1-8,10H,16H2/b14-13-. The van der Waals surface area contributed by atoms with Crippen molar-refractivity contribution in [1.82, 2.24) is 4.98 Å². The molecule has 1 aromatic carbocycles. The van der Waals surface area contributed by atoms with Crippen molar-refractivity contribution in [2.75, 3.05) is 0 Å². The summed E-state index contributed by atoms with van der Waals surface area (Å²) in [4.78, 5) is 3.99. The van der Waals surface area contributed by atoms with E-state index in [1.165, 1.54) is 0 Å². The summed E-state index contributed by atoms with van der Waals surface area (Å²) in [6.45, 7) is 0. The van der Waals surface area contributed by atoms with Gasteiger partial charge in [0.25, 0.3) is 0 Å². The molecule has 0 fully saturated rings. The van der Waals surface area contributed by atoms with Crippen molar-refractivity contribution in [3.63, 3.8) is 0 Å². The molecule has 0 bridgehead atoms. The van der Waals surface area contributed by atoms with E-state index >= 15 is 0 Å². The van der Waals surface area contributed by atoms with Gasteiger partial charge in [0.2, 0.25) is 0 Å². The van der Waals surface area contributed by atoms with Crippen molar-refractivity contribution >= 4 is 11.3 Å². The molecule has 0 spiro atoms. The number of nitrogens with two attached hydrogens (primary N) is 1. The largest absolute Gasteiger partial charge is 0.397 e. The Kier molecular flexibility index (Phi) is 3.18. The molecule has 2 N–H and O–H groups in total. The maximum Gasteiger partial charge on any atom is 0.102 e. The number of nitriles is 1. The Morgan fingerprint density at radius 3 is 2.35 bits per heavy atom. The van der Waals surface area contributed by atoms with Crippen molar-refractivity contribution in [2.45, 2.75) is 0 Å². The van der Waals surface area contributed by atoms with E-state index in [1.54, 1.807) is 18.5 Å². The van der Waals surface area contributed by atoms with Crippen molar-refractivity contribution in [2.24, 2.45) is 5.73 Å². The molecule has 17 heavy (non-hydrogen) atoms. The molecule has 3 nitrogen and oxygen atoms in total. The number of benzene rings is 1. The predicted octanol–water partition coefficient (Wildman–Crippen LogP) is 2.43. The van der Waals surface area contributed by atoms with Crippen LogP contribution in [0.25, 0.3) is 11.3 Å². The molecule has 1 aromatic heterocycles. The summed E-state index contributed by atoms with van der Waals surface area (Å²) < 4.78 is 0. The minimum absolute atomic E-state index is 0.448. The number of rotatable bonds is 2. The van der Waals surface area contributed by atoms with Gasteiger partial charge in [-0.2, -0.15) is 5.26 Å². The molecule has 0 amide bonds. The van der Waals surface area contributed by atoms with Gasteiger partial charge in [-0.15, -0.1) is 0 Å². The maximum absolute atomic E-state index is 9.20. The highest BCUT2D eigenvalue weighted by molar-refractivity contribution is 5.95. The number of allylic oxidation sites excluding steroid dienone is 1. The predicted molar refractivity (Wildman–Crippen MR) is 67.3 cm³/mol. The van der Waals surface area contributed by atoms with E-state index in [1.807, 2.05) is 36.4 Å². The lowest BCUT2D eigenvalue weighted by Crippen LogP contribution is -2.00. The van der Waals surface area contributed by atoms with E-state index in [4.69, 9.17) is 5.73 Å². The molecule has 0 unspecified atom stereocenters. The van der Waals surface area contributed by atoms with Gasteiger partial charge >= 0.3 is 0 Å². The second-order valence-corrected chi connectivity index (χ2v) is 3.51. The van der Waals surface area contributed by atoms with Gasteiger partial charge in [-0.25, -0.2) is 0 Å². The van der Waals surface area contributed by atoms with Gasteiger partial charge < -0.3 is 5.73 Å². The molecular weight excluding hydrogens is 210 g/mol. The van der Waals surface area contributed by atoms with E-state index in [0.29, 0.717) is 11.3 Å². The Morgan fingerprint density at radius 1 is 1.06 bits per heavy atom. The van der Waals surface area contributed by atoms with Crippen LogP contribution in [0.3, 0.4) is 0 Å². The SMILES string of the molecule is N#C/C(=C(/N)c1ccccc1)c1cccnc1. The smallest absolute Gasteiger partial charge is 0.102 e. The van der Waals surface area contributed by atoms with Gasteiger partial charge in [0.05, 0.1) is 11.3 Å². The summed E-state index contributed by atoms with van der Waals surface area (Å²) in [6, 6.07) is 15.2. The zero-order valence-electron chi connectivity index (χ0n) is 9.17. The lowest BCUT2D eigenvalue weighted by Gasteiger charge is -2.05. The van der Waals surface area contributed by atoms with Gasteiger partial charge in [-0.1, -0.05) is 36.4 Å². The molecule has 2 rings (SSSR count). The number of hydrogen-bond donors (Lipinski definition) is 1. The minimum Gasteiger partial charge on any atom is -0.397 e. The minimum atomic E-state index is 0.448. The first-order chi connectivity index (χ1) is 8.33. The molecule has 1 heterocycles. The van der Waals surface area contributed by atoms with Crippen LogP contribution in [-0.2, 0) is 0 Å². The number of hydrogen-bond acceptors (Lipinski definition) is 3. The Balaban J connectivity index is 2.53. The van der Waals surface area contributed by atoms with Gasteiger partial charge in [0, 0.05) is 18.0 Å². The average molecular weight is 221 g/mol. The fourth-order valence-corrected chi connectivity index (χ4v) is 1.55. The summed E-state index contributed by atoms with van der Waals surface area (Å²) in [5, 5.41) is 9.20. The highest BCUT2D eigenvalue weighted by atomic mass is 14.6. The van der Waals surface area contributed by atoms with Crippen LogP contribution in [-0.4, -0.2) is 4.98 Å². The van der Waals surface area contributed by atoms with Crippen LogP contribution in [0, 0.1) is 11.3 Å². The maximum atomic E-state index is 9.20. The fourth-order valence-electron chi connectivity index (χ4n) is 1.55. The second-order valence-electron chi connectivity index (χ2n) is 3.51. The second kappa shape index (κ2) is 4.95. The van der Waals surface area contributed by atoms with E-state index in [0.717, 1.165) is 11.1 Å². The van der Waals surface area contributed by atoms with Gasteiger partial charge in [0.15, 0.2) is 0 Å². The molecule has 0 aliphatic heterocycles. The van der Waals surface area contributed by atoms with Crippen molar-refractivity contribution in [3.8, 4) is 6.07 Å². The Morgan fingerprint density at radius 2 is 1.76 bits per heavy atom. The first kappa shape index (κ1) is 10.9.